The number of fused-ring (bicyclic) bond motifs is 3. The highest BCUT2D eigenvalue weighted by Crippen LogP contribution is 2.54. The number of hydrogen-bond donors (Lipinski definition) is 0. The molecule has 0 aromatic heterocycles. The Morgan fingerprint density at radius 2 is 1.86 bits per heavy atom. The average Bonchev–Trinajstić information content (AvgIpc) is 3.00. The van der Waals surface area contributed by atoms with Crippen molar-refractivity contribution >= 4 is 34.8 Å². The zero-order chi connectivity index (χ0) is 21.0. The fraction of sp³-hybridized carbons (Fsp3) is 0.364. The Labute approximate surface area is 174 Å². The summed E-state index contributed by atoms with van der Waals surface area (Å²) in [6.45, 7) is 5.62. The van der Waals surface area contributed by atoms with Crippen LogP contribution in [0, 0.1) is 0 Å². The molecule has 152 valence electrons. The lowest BCUT2D eigenvalue weighted by Gasteiger charge is -2.42. The van der Waals surface area contributed by atoms with Crippen molar-refractivity contribution < 1.29 is 19.1 Å². The topological polar surface area (TPSA) is 59.1 Å². The van der Waals surface area contributed by atoms with Crippen molar-refractivity contribution in [3.05, 3.63) is 59.1 Å². The van der Waals surface area contributed by atoms with Crippen LogP contribution in [0.4, 0.5) is 11.4 Å². The molecule has 2 aliphatic rings. The van der Waals surface area contributed by atoms with Crippen LogP contribution in [0.5, 0.6) is 0 Å². The van der Waals surface area contributed by atoms with Crippen molar-refractivity contribution in [1.82, 2.24) is 0 Å². The summed E-state index contributed by atoms with van der Waals surface area (Å²) >= 11 is 6.51. The van der Waals surface area contributed by atoms with E-state index in [4.69, 9.17) is 21.1 Å². The zero-order valence-electron chi connectivity index (χ0n) is 16.8. The first-order chi connectivity index (χ1) is 13.7. The first kappa shape index (κ1) is 19.9. The summed E-state index contributed by atoms with van der Waals surface area (Å²) in [4.78, 5) is 30.5. The molecule has 2 aromatic rings. The second kappa shape index (κ2) is 6.83. The van der Waals surface area contributed by atoms with Crippen LogP contribution in [0.15, 0.2) is 48.5 Å². The van der Waals surface area contributed by atoms with Crippen LogP contribution in [0.3, 0.4) is 0 Å². The molecule has 2 aromatic carbocycles. The maximum absolute atomic E-state index is 13.9. The van der Waals surface area contributed by atoms with Gasteiger partial charge in [-0.1, -0.05) is 35.9 Å². The van der Waals surface area contributed by atoms with Crippen molar-refractivity contribution in [3.63, 3.8) is 0 Å². The Kier molecular flexibility index (Phi) is 4.69. The molecule has 1 saturated heterocycles. The summed E-state index contributed by atoms with van der Waals surface area (Å²) in [5.41, 5.74) is 0.0170. The third-order valence-electron chi connectivity index (χ3n) is 5.40. The molecule has 2 atom stereocenters. The molecule has 2 aliphatic heterocycles. The molecule has 2 amide bonds. The van der Waals surface area contributed by atoms with E-state index < -0.39 is 29.3 Å². The Hall–Kier alpha value is -2.41. The lowest BCUT2D eigenvalue weighted by atomic mass is 9.83. The number of ether oxygens (including phenoxy) is 2. The van der Waals surface area contributed by atoms with Gasteiger partial charge in [0.15, 0.2) is 5.79 Å². The molecule has 0 N–H and O–H groups in total. The minimum Gasteiger partial charge on any atom is -0.338 e. The number of hydrogen-bond acceptors (Lipinski definition) is 4. The van der Waals surface area contributed by atoms with Crippen LogP contribution < -0.4 is 9.80 Å². The van der Waals surface area contributed by atoms with E-state index in [9.17, 15) is 9.59 Å². The van der Waals surface area contributed by atoms with E-state index in [1.54, 1.807) is 44.0 Å². The van der Waals surface area contributed by atoms with Gasteiger partial charge >= 0.3 is 0 Å². The van der Waals surface area contributed by atoms with E-state index >= 15 is 0 Å². The standard InChI is InChI=1S/C22H23ClN2O4/c1-5-25(14-10-7-6-8-11-14)20(27)22-18(28-21(2,3)29-22)17-15(23)12-9-13-16(17)24(4)19(22)26/h6-13,18H,5H2,1-4H3. The van der Waals surface area contributed by atoms with Gasteiger partial charge < -0.3 is 19.3 Å². The molecule has 1 fully saturated rings. The van der Waals surface area contributed by atoms with Gasteiger partial charge in [0.05, 0.1) is 5.69 Å². The minimum atomic E-state index is -1.86. The highest BCUT2D eigenvalue weighted by molar-refractivity contribution is 6.33. The summed E-state index contributed by atoms with van der Waals surface area (Å²) in [5.74, 6) is -2.08. The van der Waals surface area contributed by atoms with E-state index in [1.807, 2.05) is 37.3 Å². The van der Waals surface area contributed by atoms with Crippen molar-refractivity contribution in [2.75, 3.05) is 23.4 Å². The Morgan fingerprint density at radius 3 is 2.52 bits per heavy atom. The maximum atomic E-state index is 13.9. The molecule has 0 radical (unpaired) electrons. The molecule has 7 heteroatoms. The van der Waals surface area contributed by atoms with Crippen molar-refractivity contribution in [1.29, 1.82) is 0 Å². The normalized spacial score (nSPS) is 24.8. The Balaban J connectivity index is 1.92. The number of anilines is 2. The highest BCUT2D eigenvalue weighted by atomic mass is 35.5. The first-order valence-corrected chi connectivity index (χ1v) is 9.92. The number of likely N-dealkylation sites (N-methyl/N-ethyl adjacent to an activating group) is 2. The molecule has 6 nitrogen and oxygen atoms in total. The van der Waals surface area contributed by atoms with Gasteiger partial charge in [0.25, 0.3) is 17.4 Å². The molecular weight excluding hydrogens is 392 g/mol. The molecule has 0 aliphatic carbocycles. The number of halogens is 1. The summed E-state index contributed by atoms with van der Waals surface area (Å²) in [7, 11) is 1.62. The summed E-state index contributed by atoms with van der Waals surface area (Å²) in [6, 6.07) is 14.5. The van der Waals surface area contributed by atoms with Gasteiger partial charge in [0, 0.05) is 29.9 Å². The second-order valence-electron chi connectivity index (χ2n) is 7.66. The molecule has 0 saturated carbocycles. The largest absolute Gasteiger partial charge is 0.338 e. The quantitative estimate of drug-likeness (QED) is 0.714. The lowest BCUT2D eigenvalue weighted by Crippen LogP contribution is -2.63. The number of carbonyl (C=O) groups excluding carboxylic acids is 2. The van der Waals surface area contributed by atoms with Gasteiger partial charge in [0.2, 0.25) is 0 Å². The fourth-order valence-electron chi connectivity index (χ4n) is 4.19. The van der Waals surface area contributed by atoms with Crippen molar-refractivity contribution in [2.45, 2.75) is 38.3 Å². The van der Waals surface area contributed by atoms with Crippen molar-refractivity contribution in [2.24, 2.45) is 0 Å². The molecule has 0 bridgehead atoms. The number of benzene rings is 2. The number of rotatable bonds is 3. The van der Waals surface area contributed by atoms with Crippen LogP contribution >= 0.6 is 11.6 Å². The maximum Gasteiger partial charge on any atom is 0.272 e. The van der Waals surface area contributed by atoms with E-state index in [1.165, 1.54) is 4.90 Å². The van der Waals surface area contributed by atoms with Crippen LogP contribution in [0.25, 0.3) is 0 Å². The molecule has 0 spiro atoms. The van der Waals surface area contributed by atoms with Crippen LogP contribution in [0.2, 0.25) is 5.02 Å². The average molecular weight is 415 g/mol. The Morgan fingerprint density at radius 1 is 1.17 bits per heavy atom. The lowest BCUT2D eigenvalue weighted by molar-refractivity contribution is -0.177. The fourth-order valence-corrected chi connectivity index (χ4v) is 4.45. The summed E-state index contributed by atoms with van der Waals surface area (Å²) in [5, 5.41) is 0.424. The van der Waals surface area contributed by atoms with Crippen LogP contribution in [-0.2, 0) is 19.1 Å². The van der Waals surface area contributed by atoms with Gasteiger partial charge in [-0.25, -0.2) is 0 Å². The molecular formula is C22H23ClN2O4. The van der Waals surface area contributed by atoms with E-state index in [0.29, 0.717) is 28.5 Å². The van der Waals surface area contributed by atoms with Gasteiger partial charge in [0.1, 0.15) is 6.10 Å². The minimum absolute atomic E-state index is 0.369. The zero-order valence-corrected chi connectivity index (χ0v) is 17.6. The molecule has 29 heavy (non-hydrogen) atoms. The van der Waals surface area contributed by atoms with Gasteiger partial charge in [-0.15, -0.1) is 0 Å². The van der Waals surface area contributed by atoms with Crippen LogP contribution in [-0.4, -0.2) is 36.8 Å². The third-order valence-corrected chi connectivity index (χ3v) is 5.73. The molecule has 2 heterocycles. The number of para-hydroxylation sites is 1. The SMILES string of the molecule is CCN(C(=O)C12OC(C)(C)OC1c1c(Cl)cccc1N(C)C2=O)c1ccccc1. The van der Waals surface area contributed by atoms with Crippen molar-refractivity contribution in [3.8, 4) is 0 Å². The first-order valence-electron chi connectivity index (χ1n) is 9.54. The smallest absolute Gasteiger partial charge is 0.272 e. The Bertz CT molecular complexity index is 978. The second-order valence-corrected chi connectivity index (χ2v) is 8.06. The predicted molar refractivity (Wildman–Crippen MR) is 111 cm³/mol. The monoisotopic (exact) mass is 414 g/mol. The van der Waals surface area contributed by atoms with E-state index in [-0.39, 0.29) is 0 Å². The summed E-state index contributed by atoms with van der Waals surface area (Å²) in [6.07, 6.45) is -0.949. The third kappa shape index (κ3) is 2.86. The summed E-state index contributed by atoms with van der Waals surface area (Å²) < 4.78 is 12.3. The number of amides is 2. The predicted octanol–water partition coefficient (Wildman–Crippen LogP) is 3.93. The van der Waals surface area contributed by atoms with Gasteiger partial charge in [-0.05, 0) is 45.0 Å². The van der Waals surface area contributed by atoms with E-state index in [2.05, 4.69) is 0 Å². The van der Waals surface area contributed by atoms with E-state index in [0.717, 1.165) is 0 Å². The van der Waals surface area contributed by atoms with Crippen LogP contribution in [0.1, 0.15) is 32.4 Å². The number of carbonyl (C=O) groups is 2. The van der Waals surface area contributed by atoms with Gasteiger partial charge in [-0.3, -0.25) is 9.59 Å². The number of nitrogens with zero attached hydrogens (tertiary/aromatic N) is 2. The van der Waals surface area contributed by atoms with Gasteiger partial charge in [-0.2, -0.15) is 0 Å². The molecule has 4 rings (SSSR count). The highest BCUT2D eigenvalue weighted by Gasteiger charge is 2.68. The molecule has 2 unspecified atom stereocenters.